The molecule has 36 heavy (non-hydrogen) atoms. The first-order valence-corrected chi connectivity index (χ1v) is 11.8. The van der Waals surface area contributed by atoms with Crippen molar-refractivity contribution in [3.05, 3.63) is 93.5 Å². The van der Waals surface area contributed by atoms with Crippen molar-refractivity contribution in [1.29, 1.82) is 0 Å². The molecule has 3 aromatic carbocycles. The van der Waals surface area contributed by atoms with Gasteiger partial charge >= 0.3 is 5.97 Å². The van der Waals surface area contributed by atoms with Crippen molar-refractivity contribution in [3.8, 4) is 11.5 Å². The Morgan fingerprint density at radius 3 is 2.39 bits per heavy atom. The molecule has 0 spiro atoms. The zero-order valence-corrected chi connectivity index (χ0v) is 21.3. The van der Waals surface area contributed by atoms with Crippen LogP contribution in [0.2, 0.25) is 0 Å². The lowest BCUT2D eigenvalue weighted by atomic mass is 10.1. The number of carbonyl (C=O) groups excluding carboxylic acids is 2. The van der Waals surface area contributed by atoms with E-state index in [2.05, 4.69) is 21.2 Å². The van der Waals surface area contributed by atoms with Crippen molar-refractivity contribution in [1.82, 2.24) is 5.32 Å². The van der Waals surface area contributed by atoms with Crippen LogP contribution in [0, 0.1) is 0 Å². The van der Waals surface area contributed by atoms with Crippen molar-refractivity contribution < 1.29 is 29.0 Å². The molecule has 0 bridgehead atoms. The number of carbonyl (C=O) groups is 3. The zero-order chi connectivity index (χ0) is 25.8. The molecule has 1 aliphatic heterocycles. The fraction of sp³-hybridized carbons (Fsp3) is 0.0769. The minimum Gasteiger partial charge on any atom is -0.493 e. The van der Waals surface area contributed by atoms with Gasteiger partial charge in [-0.1, -0.05) is 34.1 Å². The molecule has 1 aliphatic rings. The quantitative estimate of drug-likeness (QED) is 0.245. The second-order valence-electron chi connectivity index (χ2n) is 7.64. The highest BCUT2D eigenvalue weighted by molar-refractivity contribution is 9.10. The Balaban J connectivity index is 1.55. The molecule has 182 valence electrons. The van der Waals surface area contributed by atoms with Gasteiger partial charge in [0.05, 0.1) is 18.4 Å². The summed E-state index contributed by atoms with van der Waals surface area (Å²) in [6.45, 7) is 0.192. The number of carboxylic acid groups (broad SMARTS) is 1. The molecule has 0 saturated carbocycles. The summed E-state index contributed by atoms with van der Waals surface area (Å²) in [4.78, 5) is 38.0. The highest BCUT2D eigenvalue weighted by Gasteiger charge is 2.34. The molecule has 8 nitrogen and oxygen atoms in total. The molecule has 2 amide bonds. The van der Waals surface area contributed by atoms with Crippen LogP contribution in [0.4, 0.5) is 5.69 Å². The van der Waals surface area contributed by atoms with Gasteiger partial charge < -0.3 is 14.6 Å². The van der Waals surface area contributed by atoms with Gasteiger partial charge in [0.15, 0.2) is 16.6 Å². The van der Waals surface area contributed by atoms with Gasteiger partial charge in [0.25, 0.3) is 11.8 Å². The maximum atomic E-state index is 13.2. The smallest absolute Gasteiger partial charge is 0.335 e. The number of halogens is 1. The second kappa shape index (κ2) is 10.7. The molecule has 0 unspecified atom stereocenters. The number of ether oxygens (including phenoxy) is 2. The number of benzene rings is 3. The van der Waals surface area contributed by atoms with E-state index in [1.807, 2.05) is 0 Å². The van der Waals surface area contributed by atoms with Gasteiger partial charge in [-0.3, -0.25) is 19.8 Å². The maximum absolute atomic E-state index is 13.2. The third kappa shape index (κ3) is 5.45. The van der Waals surface area contributed by atoms with Crippen LogP contribution >= 0.6 is 28.1 Å². The van der Waals surface area contributed by atoms with Crippen LogP contribution in [-0.4, -0.2) is 35.1 Å². The first kappa shape index (κ1) is 25.1. The van der Waals surface area contributed by atoms with Gasteiger partial charge in [-0.25, -0.2) is 4.79 Å². The predicted molar refractivity (Wildman–Crippen MR) is 141 cm³/mol. The van der Waals surface area contributed by atoms with E-state index >= 15 is 0 Å². The van der Waals surface area contributed by atoms with Crippen LogP contribution in [0.3, 0.4) is 0 Å². The maximum Gasteiger partial charge on any atom is 0.335 e. The van der Waals surface area contributed by atoms with Crippen molar-refractivity contribution >= 4 is 62.8 Å². The molecular weight excluding hydrogens is 548 g/mol. The average Bonchev–Trinajstić information content (AvgIpc) is 2.86. The van der Waals surface area contributed by atoms with E-state index in [-0.39, 0.29) is 22.9 Å². The molecule has 3 aromatic rings. The number of thiocarbonyl (C=S) groups is 1. The van der Waals surface area contributed by atoms with Crippen molar-refractivity contribution in [2.24, 2.45) is 0 Å². The highest BCUT2D eigenvalue weighted by atomic mass is 79.9. The molecule has 1 saturated heterocycles. The number of nitrogens with one attached hydrogen (secondary N) is 1. The summed E-state index contributed by atoms with van der Waals surface area (Å²) in [7, 11) is 1.48. The van der Waals surface area contributed by atoms with E-state index in [9.17, 15) is 14.4 Å². The van der Waals surface area contributed by atoms with Gasteiger partial charge in [0.2, 0.25) is 0 Å². The fourth-order valence-corrected chi connectivity index (χ4v) is 3.99. The summed E-state index contributed by atoms with van der Waals surface area (Å²) < 4.78 is 12.1. The van der Waals surface area contributed by atoms with E-state index in [1.165, 1.54) is 30.2 Å². The molecule has 2 N–H and O–H groups in total. The van der Waals surface area contributed by atoms with E-state index < -0.39 is 17.8 Å². The molecule has 10 heteroatoms. The molecule has 0 atom stereocenters. The molecular formula is C26H19BrN2O6S. The van der Waals surface area contributed by atoms with Crippen LogP contribution in [0.15, 0.2) is 76.8 Å². The third-order valence-corrected chi connectivity index (χ3v) is 6.09. The molecule has 1 fully saturated rings. The average molecular weight is 567 g/mol. The number of rotatable bonds is 7. The Morgan fingerprint density at radius 1 is 1.06 bits per heavy atom. The van der Waals surface area contributed by atoms with Crippen molar-refractivity contribution in [2.45, 2.75) is 6.61 Å². The summed E-state index contributed by atoms with van der Waals surface area (Å²) in [6, 6.07) is 18.3. The summed E-state index contributed by atoms with van der Waals surface area (Å²) in [5, 5.41) is 11.6. The Bertz CT molecular complexity index is 1390. The minimum atomic E-state index is -0.999. The third-order valence-electron chi connectivity index (χ3n) is 5.28. The van der Waals surface area contributed by atoms with Crippen molar-refractivity contribution in [2.75, 3.05) is 12.0 Å². The summed E-state index contributed by atoms with van der Waals surface area (Å²) in [6.07, 6.45) is 1.46. The summed E-state index contributed by atoms with van der Waals surface area (Å²) in [5.74, 6) is -1.30. The lowest BCUT2D eigenvalue weighted by Gasteiger charge is -2.29. The monoisotopic (exact) mass is 566 g/mol. The lowest BCUT2D eigenvalue weighted by molar-refractivity contribution is -0.122. The van der Waals surface area contributed by atoms with Gasteiger partial charge in [-0.2, -0.15) is 0 Å². The van der Waals surface area contributed by atoms with Gasteiger partial charge in [0.1, 0.15) is 12.2 Å². The molecule has 0 aliphatic carbocycles. The first-order chi connectivity index (χ1) is 17.3. The Kier molecular flexibility index (Phi) is 7.47. The summed E-state index contributed by atoms with van der Waals surface area (Å²) >= 11 is 8.58. The number of methoxy groups -OCH3 is 1. The SMILES string of the molecule is COc1cc(C=C2C(=O)NC(=S)N(c3ccc(Br)cc3)C2=O)ccc1OCc1ccc(C(=O)O)cc1. The fourth-order valence-electron chi connectivity index (χ4n) is 3.45. The largest absolute Gasteiger partial charge is 0.493 e. The van der Waals surface area contributed by atoms with Crippen LogP contribution in [-0.2, 0) is 16.2 Å². The Labute approximate surface area is 220 Å². The normalized spacial score (nSPS) is 14.6. The standard InChI is InChI=1S/C26H19BrN2O6S/c1-34-22-13-16(4-11-21(22)35-14-15-2-5-17(6-3-15)25(32)33)12-20-23(30)28-26(36)29(24(20)31)19-9-7-18(27)8-10-19/h2-13H,14H2,1H3,(H,32,33)(H,28,30,36). The van der Waals surface area contributed by atoms with Crippen LogP contribution in [0.5, 0.6) is 11.5 Å². The van der Waals surface area contributed by atoms with Crippen LogP contribution in [0.25, 0.3) is 6.08 Å². The van der Waals surface area contributed by atoms with Gasteiger partial charge in [0, 0.05) is 4.47 Å². The lowest BCUT2D eigenvalue weighted by Crippen LogP contribution is -2.54. The van der Waals surface area contributed by atoms with E-state index in [0.29, 0.717) is 22.7 Å². The number of anilines is 1. The van der Waals surface area contributed by atoms with Gasteiger partial charge in [-0.05, 0) is 78.0 Å². The van der Waals surface area contributed by atoms with E-state index in [1.54, 1.807) is 54.6 Å². The highest BCUT2D eigenvalue weighted by Crippen LogP contribution is 2.31. The van der Waals surface area contributed by atoms with Crippen LogP contribution < -0.4 is 19.7 Å². The molecule has 1 heterocycles. The zero-order valence-electron chi connectivity index (χ0n) is 18.9. The number of hydrogen-bond acceptors (Lipinski definition) is 6. The van der Waals surface area contributed by atoms with E-state index in [0.717, 1.165) is 10.0 Å². The number of aromatic carboxylic acids is 1. The first-order valence-electron chi connectivity index (χ1n) is 10.6. The predicted octanol–water partition coefficient (Wildman–Crippen LogP) is 4.57. The topological polar surface area (TPSA) is 105 Å². The number of amides is 2. The Morgan fingerprint density at radius 2 is 1.75 bits per heavy atom. The molecule has 0 aromatic heterocycles. The molecule has 4 rings (SSSR count). The number of hydrogen-bond donors (Lipinski definition) is 2. The number of nitrogens with zero attached hydrogens (tertiary/aromatic N) is 1. The molecule has 0 radical (unpaired) electrons. The van der Waals surface area contributed by atoms with Crippen LogP contribution in [0.1, 0.15) is 21.5 Å². The second-order valence-corrected chi connectivity index (χ2v) is 8.94. The Hall–Kier alpha value is -4.02. The minimum absolute atomic E-state index is 0.00203. The van der Waals surface area contributed by atoms with Gasteiger partial charge in [-0.15, -0.1) is 0 Å². The number of carboxylic acids is 1. The summed E-state index contributed by atoms with van der Waals surface area (Å²) in [5.41, 5.74) is 1.96. The van der Waals surface area contributed by atoms with E-state index in [4.69, 9.17) is 26.8 Å². The van der Waals surface area contributed by atoms with Crippen molar-refractivity contribution in [3.63, 3.8) is 0 Å².